The van der Waals surface area contributed by atoms with Crippen LogP contribution in [0.15, 0.2) is 72.4 Å². The van der Waals surface area contributed by atoms with E-state index in [2.05, 4.69) is 15.4 Å². The molecule has 0 aliphatic rings. The smallest absolute Gasteiger partial charge is 0.249 e. The lowest BCUT2D eigenvalue weighted by molar-refractivity contribution is -0.114. The highest BCUT2D eigenvalue weighted by Gasteiger charge is 2.11. The molecular formula is C19H17N5O2S. The SMILES string of the molecule is COc1ccc(-n2ccnc2SCC(=O)Nn2cnc3ccccc32)cc1. The van der Waals surface area contributed by atoms with Crippen molar-refractivity contribution in [1.29, 1.82) is 0 Å². The summed E-state index contributed by atoms with van der Waals surface area (Å²) < 4.78 is 8.75. The lowest BCUT2D eigenvalue weighted by Gasteiger charge is -2.09. The van der Waals surface area contributed by atoms with Crippen molar-refractivity contribution in [2.45, 2.75) is 5.16 Å². The van der Waals surface area contributed by atoms with Gasteiger partial charge in [0.05, 0.1) is 23.9 Å². The number of benzene rings is 2. The summed E-state index contributed by atoms with van der Waals surface area (Å²) in [6.45, 7) is 0. The van der Waals surface area contributed by atoms with Crippen LogP contribution >= 0.6 is 11.8 Å². The molecule has 4 rings (SSSR count). The first-order valence-electron chi connectivity index (χ1n) is 8.27. The van der Waals surface area contributed by atoms with Gasteiger partial charge in [-0.25, -0.2) is 14.6 Å². The number of para-hydroxylation sites is 2. The van der Waals surface area contributed by atoms with Crippen LogP contribution in [0.4, 0.5) is 0 Å². The quantitative estimate of drug-likeness (QED) is 0.521. The highest BCUT2D eigenvalue weighted by atomic mass is 32.2. The van der Waals surface area contributed by atoms with Gasteiger partial charge in [0.1, 0.15) is 12.1 Å². The number of imidazole rings is 2. The van der Waals surface area contributed by atoms with Gasteiger partial charge in [-0.1, -0.05) is 23.9 Å². The van der Waals surface area contributed by atoms with E-state index in [-0.39, 0.29) is 11.7 Å². The fourth-order valence-electron chi connectivity index (χ4n) is 2.68. The van der Waals surface area contributed by atoms with E-state index in [4.69, 9.17) is 4.74 Å². The molecule has 1 N–H and O–H groups in total. The zero-order valence-corrected chi connectivity index (χ0v) is 15.4. The summed E-state index contributed by atoms with van der Waals surface area (Å²) in [6, 6.07) is 15.3. The summed E-state index contributed by atoms with van der Waals surface area (Å²) in [5.41, 5.74) is 5.49. The third-order valence-corrected chi connectivity index (χ3v) is 4.96. The van der Waals surface area contributed by atoms with Gasteiger partial charge in [-0.05, 0) is 36.4 Å². The number of fused-ring (bicyclic) bond motifs is 1. The number of carbonyl (C=O) groups is 1. The Bertz CT molecular complexity index is 1070. The Labute approximate surface area is 160 Å². The number of thioether (sulfide) groups is 1. The number of aromatic nitrogens is 4. The minimum atomic E-state index is -0.132. The fraction of sp³-hybridized carbons (Fsp3) is 0.105. The molecule has 4 aromatic rings. The van der Waals surface area contributed by atoms with Crippen molar-refractivity contribution in [2.24, 2.45) is 0 Å². The Kier molecular flexibility index (Phi) is 4.80. The maximum atomic E-state index is 12.3. The van der Waals surface area contributed by atoms with E-state index in [1.165, 1.54) is 11.8 Å². The van der Waals surface area contributed by atoms with Crippen LogP contribution in [-0.2, 0) is 4.79 Å². The predicted octanol–water partition coefficient (Wildman–Crippen LogP) is 3.09. The van der Waals surface area contributed by atoms with Gasteiger partial charge >= 0.3 is 0 Å². The molecule has 0 bridgehead atoms. The molecule has 0 fully saturated rings. The molecule has 0 saturated heterocycles. The molecule has 27 heavy (non-hydrogen) atoms. The number of ether oxygens (including phenoxy) is 1. The second kappa shape index (κ2) is 7.55. The van der Waals surface area contributed by atoms with Crippen molar-refractivity contribution in [1.82, 2.24) is 19.2 Å². The molecule has 0 unspecified atom stereocenters. The van der Waals surface area contributed by atoms with Crippen LogP contribution in [0.2, 0.25) is 0 Å². The molecule has 2 heterocycles. The van der Waals surface area contributed by atoms with E-state index < -0.39 is 0 Å². The third kappa shape index (κ3) is 3.65. The minimum Gasteiger partial charge on any atom is -0.497 e. The molecule has 2 aromatic carbocycles. The molecule has 0 aliphatic carbocycles. The molecule has 7 nitrogen and oxygen atoms in total. The third-order valence-electron chi connectivity index (χ3n) is 3.99. The van der Waals surface area contributed by atoms with Gasteiger partial charge in [0, 0.05) is 18.1 Å². The van der Waals surface area contributed by atoms with Crippen molar-refractivity contribution in [3.8, 4) is 11.4 Å². The summed E-state index contributed by atoms with van der Waals surface area (Å²) in [7, 11) is 1.63. The molecule has 0 atom stereocenters. The Morgan fingerprint density at radius 2 is 1.96 bits per heavy atom. The molecule has 2 aromatic heterocycles. The maximum Gasteiger partial charge on any atom is 0.249 e. The van der Waals surface area contributed by atoms with Crippen LogP contribution in [0.5, 0.6) is 5.75 Å². The number of hydrogen-bond donors (Lipinski definition) is 1. The normalized spacial score (nSPS) is 10.9. The van der Waals surface area contributed by atoms with Crippen LogP contribution in [0.3, 0.4) is 0 Å². The van der Waals surface area contributed by atoms with Gasteiger partial charge in [-0.3, -0.25) is 14.8 Å². The summed E-state index contributed by atoms with van der Waals surface area (Å²) >= 11 is 1.37. The number of carbonyl (C=O) groups excluding carboxylic acids is 1. The Morgan fingerprint density at radius 1 is 1.15 bits per heavy atom. The number of nitrogens with zero attached hydrogens (tertiary/aromatic N) is 4. The monoisotopic (exact) mass is 379 g/mol. The van der Waals surface area contributed by atoms with E-state index >= 15 is 0 Å². The number of rotatable bonds is 6. The molecule has 0 radical (unpaired) electrons. The molecule has 0 saturated carbocycles. The van der Waals surface area contributed by atoms with E-state index in [0.717, 1.165) is 27.6 Å². The van der Waals surface area contributed by atoms with Crippen LogP contribution < -0.4 is 10.2 Å². The topological polar surface area (TPSA) is 74.0 Å². The lowest BCUT2D eigenvalue weighted by atomic mass is 10.3. The molecule has 1 amide bonds. The first-order valence-corrected chi connectivity index (χ1v) is 9.25. The van der Waals surface area contributed by atoms with E-state index in [1.807, 2.05) is 59.3 Å². The summed E-state index contributed by atoms with van der Waals surface area (Å²) in [6.07, 6.45) is 5.19. The van der Waals surface area contributed by atoms with Crippen LogP contribution in [0.25, 0.3) is 16.7 Å². The van der Waals surface area contributed by atoms with Crippen LogP contribution in [0.1, 0.15) is 0 Å². The zero-order valence-electron chi connectivity index (χ0n) is 14.6. The number of hydrogen-bond acceptors (Lipinski definition) is 5. The van der Waals surface area contributed by atoms with E-state index in [1.54, 1.807) is 24.3 Å². The summed E-state index contributed by atoms with van der Waals surface area (Å²) in [5, 5.41) is 0.741. The highest BCUT2D eigenvalue weighted by molar-refractivity contribution is 7.99. The molecule has 0 spiro atoms. The van der Waals surface area contributed by atoms with Crippen molar-refractivity contribution in [3.63, 3.8) is 0 Å². The van der Waals surface area contributed by atoms with Crippen molar-refractivity contribution >= 4 is 28.7 Å². The number of methoxy groups -OCH3 is 1. The summed E-state index contributed by atoms with van der Waals surface area (Å²) in [4.78, 5) is 21.0. The van der Waals surface area contributed by atoms with Crippen molar-refractivity contribution in [2.75, 3.05) is 18.3 Å². The first-order chi connectivity index (χ1) is 13.2. The number of amides is 1. The first kappa shape index (κ1) is 17.2. The van der Waals surface area contributed by atoms with Gasteiger partial charge < -0.3 is 4.74 Å². The van der Waals surface area contributed by atoms with Gasteiger partial charge in [-0.2, -0.15) is 0 Å². The molecule has 136 valence electrons. The molecule has 0 aliphatic heterocycles. The predicted molar refractivity (Wildman–Crippen MR) is 105 cm³/mol. The van der Waals surface area contributed by atoms with Gasteiger partial charge in [-0.15, -0.1) is 0 Å². The van der Waals surface area contributed by atoms with Gasteiger partial charge in [0.15, 0.2) is 5.16 Å². The van der Waals surface area contributed by atoms with E-state index in [0.29, 0.717) is 0 Å². The fourth-order valence-corrected chi connectivity index (χ4v) is 3.45. The van der Waals surface area contributed by atoms with Crippen LogP contribution in [0, 0.1) is 0 Å². The second-order valence-electron chi connectivity index (χ2n) is 5.70. The van der Waals surface area contributed by atoms with Gasteiger partial charge in [0.25, 0.3) is 0 Å². The molecule has 8 heteroatoms. The average Bonchev–Trinajstić information content (AvgIpc) is 3.34. The Morgan fingerprint density at radius 3 is 2.78 bits per heavy atom. The molecular weight excluding hydrogens is 362 g/mol. The van der Waals surface area contributed by atoms with Crippen molar-refractivity contribution in [3.05, 3.63) is 67.3 Å². The maximum absolute atomic E-state index is 12.3. The zero-order chi connectivity index (χ0) is 18.6. The van der Waals surface area contributed by atoms with Gasteiger partial charge in [0.2, 0.25) is 5.91 Å². The standard InChI is InChI=1S/C19H17N5O2S/c1-26-15-8-6-14(7-9-15)23-11-10-20-19(23)27-12-18(25)22-24-13-21-16-4-2-3-5-17(16)24/h2-11,13H,12H2,1H3,(H,22,25). The Hall–Kier alpha value is -3.26. The van der Waals surface area contributed by atoms with Crippen LogP contribution in [-0.4, -0.2) is 38.0 Å². The summed E-state index contributed by atoms with van der Waals surface area (Å²) in [5.74, 6) is 0.895. The average molecular weight is 379 g/mol. The minimum absolute atomic E-state index is 0.132. The highest BCUT2D eigenvalue weighted by Crippen LogP contribution is 2.22. The Balaban J connectivity index is 1.43. The van der Waals surface area contributed by atoms with Crippen molar-refractivity contribution < 1.29 is 9.53 Å². The van der Waals surface area contributed by atoms with E-state index in [9.17, 15) is 4.79 Å². The number of nitrogens with one attached hydrogen (secondary N) is 1. The largest absolute Gasteiger partial charge is 0.497 e. The lowest BCUT2D eigenvalue weighted by Crippen LogP contribution is -2.23. The second-order valence-corrected chi connectivity index (χ2v) is 6.65.